The Hall–Kier alpha value is -2.46. The highest BCUT2D eigenvalue weighted by Crippen LogP contribution is 2.44. The molecule has 1 aromatic heterocycles. The summed E-state index contributed by atoms with van der Waals surface area (Å²) in [5, 5.41) is 1.13. The standard InChI is InChI=1S/C21H22O3Si/c1-22-15-11-9-14(10-12-15)20-19-16-7-5-6-8-18(16)23-13-17(19)21(24-20)25(2,3)4/h5-12H,13H2,1-4H3. The maximum Gasteiger partial charge on any atom is 0.141 e. The van der Waals surface area contributed by atoms with Crippen LogP contribution in [0.4, 0.5) is 0 Å². The first-order valence-electron chi connectivity index (χ1n) is 8.52. The molecule has 0 fully saturated rings. The molecule has 0 amide bonds. The van der Waals surface area contributed by atoms with Crippen molar-refractivity contribution in [3.05, 3.63) is 54.1 Å². The third-order valence-electron chi connectivity index (χ3n) is 4.57. The number of fused-ring (bicyclic) bond motifs is 3. The quantitative estimate of drug-likeness (QED) is 0.619. The molecule has 128 valence electrons. The minimum absolute atomic E-state index is 0.575. The first kappa shape index (κ1) is 16.0. The van der Waals surface area contributed by atoms with E-state index in [1.165, 1.54) is 11.1 Å². The summed E-state index contributed by atoms with van der Waals surface area (Å²) in [6.07, 6.45) is 0. The third-order valence-corrected chi connectivity index (χ3v) is 6.34. The van der Waals surface area contributed by atoms with Gasteiger partial charge in [0.15, 0.2) is 0 Å². The van der Waals surface area contributed by atoms with E-state index in [4.69, 9.17) is 13.9 Å². The van der Waals surface area contributed by atoms with Gasteiger partial charge in [0.25, 0.3) is 0 Å². The van der Waals surface area contributed by atoms with Gasteiger partial charge in [0.05, 0.1) is 12.5 Å². The molecule has 0 unspecified atom stereocenters. The van der Waals surface area contributed by atoms with Gasteiger partial charge in [-0.1, -0.05) is 37.8 Å². The number of para-hydroxylation sites is 1. The molecule has 0 aliphatic carbocycles. The lowest BCUT2D eigenvalue weighted by Crippen LogP contribution is -2.39. The third kappa shape index (κ3) is 2.67. The molecule has 3 aromatic rings. The predicted octanol–water partition coefficient (Wildman–Crippen LogP) is 5.06. The summed E-state index contributed by atoms with van der Waals surface area (Å²) >= 11 is 0. The fourth-order valence-corrected chi connectivity index (χ4v) is 4.90. The SMILES string of the molecule is COc1ccc(-c2oc([Si](C)(C)C)c3c2-c2ccccc2OC3)cc1. The molecule has 0 saturated carbocycles. The van der Waals surface area contributed by atoms with Crippen LogP contribution in [0.2, 0.25) is 19.6 Å². The lowest BCUT2D eigenvalue weighted by Gasteiger charge is -2.21. The first-order valence-corrected chi connectivity index (χ1v) is 12.0. The van der Waals surface area contributed by atoms with Crippen molar-refractivity contribution in [1.82, 2.24) is 0 Å². The minimum Gasteiger partial charge on any atom is -0.497 e. The van der Waals surface area contributed by atoms with Crippen molar-refractivity contribution < 1.29 is 13.9 Å². The van der Waals surface area contributed by atoms with Crippen LogP contribution in [0.15, 0.2) is 52.9 Å². The maximum absolute atomic E-state index is 6.49. The molecule has 2 heterocycles. The molecule has 0 saturated heterocycles. The zero-order chi connectivity index (χ0) is 17.6. The number of hydrogen-bond acceptors (Lipinski definition) is 3. The molecule has 4 heteroatoms. The molecular weight excluding hydrogens is 328 g/mol. The maximum atomic E-state index is 6.49. The second-order valence-corrected chi connectivity index (χ2v) is 12.3. The average Bonchev–Trinajstić information content (AvgIpc) is 3.02. The number of benzene rings is 2. The van der Waals surface area contributed by atoms with Gasteiger partial charge in [0.2, 0.25) is 0 Å². The van der Waals surface area contributed by atoms with E-state index in [1.54, 1.807) is 7.11 Å². The Morgan fingerprint density at radius 2 is 1.68 bits per heavy atom. The molecule has 2 aromatic carbocycles. The summed E-state index contributed by atoms with van der Waals surface area (Å²) < 4.78 is 17.8. The number of methoxy groups -OCH3 is 1. The van der Waals surface area contributed by atoms with Gasteiger partial charge in [-0.2, -0.15) is 0 Å². The predicted molar refractivity (Wildman–Crippen MR) is 103 cm³/mol. The zero-order valence-electron chi connectivity index (χ0n) is 15.1. The van der Waals surface area contributed by atoms with Gasteiger partial charge in [-0.05, 0) is 30.3 Å². The highest BCUT2D eigenvalue weighted by Gasteiger charge is 2.34. The Labute approximate surface area is 149 Å². The van der Waals surface area contributed by atoms with Crippen LogP contribution in [0.25, 0.3) is 22.5 Å². The van der Waals surface area contributed by atoms with Crippen LogP contribution in [0.3, 0.4) is 0 Å². The van der Waals surface area contributed by atoms with E-state index in [0.29, 0.717) is 6.61 Å². The number of rotatable bonds is 3. The van der Waals surface area contributed by atoms with E-state index < -0.39 is 8.07 Å². The Morgan fingerprint density at radius 1 is 0.960 bits per heavy atom. The topological polar surface area (TPSA) is 31.6 Å². The Kier molecular flexibility index (Phi) is 3.73. The Balaban J connectivity index is 1.97. The largest absolute Gasteiger partial charge is 0.497 e. The summed E-state index contributed by atoms with van der Waals surface area (Å²) in [7, 11) is 0.0461. The fourth-order valence-electron chi connectivity index (χ4n) is 3.39. The Morgan fingerprint density at radius 3 is 2.36 bits per heavy atom. The van der Waals surface area contributed by atoms with Crippen LogP contribution in [0, 0.1) is 0 Å². The number of ether oxygens (including phenoxy) is 2. The van der Waals surface area contributed by atoms with Crippen LogP contribution >= 0.6 is 0 Å². The van der Waals surface area contributed by atoms with Gasteiger partial charge in [-0.25, -0.2) is 0 Å². The van der Waals surface area contributed by atoms with E-state index in [-0.39, 0.29) is 0 Å². The van der Waals surface area contributed by atoms with Crippen molar-refractivity contribution in [2.75, 3.05) is 7.11 Å². The van der Waals surface area contributed by atoms with E-state index in [0.717, 1.165) is 33.8 Å². The smallest absolute Gasteiger partial charge is 0.141 e. The zero-order valence-corrected chi connectivity index (χ0v) is 16.1. The molecule has 0 spiro atoms. The molecule has 0 atom stereocenters. The summed E-state index contributed by atoms with van der Waals surface area (Å²) in [5.41, 5.74) is 4.58. The summed E-state index contributed by atoms with van der Waals surface area (Å²) in [6.45, 7) is 7.50. The van der Waals surface area contributed by atoms with Crippen LogP contribution < -0.4 is 14.9 Å². The molecule has 3 nitrogen and oxygen atoms in total. The van der Waals surface area contributed by atoms with Crippen molar-refractivity contribution in [1.29, 1.82) is 0 Å². The van der Waals surface area contributed by atoms with E-state index in [1.807, 2.05) is 24.3 Å². The van der Waals surface area contributed by atoms with Gasteiger partial charge >= 0.3 is 0 Å². The van der Waals surface area contributed by atoms with Crippen LogP contribution in [0.5, 0.6) is 11.5 Å². The lowest BCUT2D eigenvalue weighted by atomic mass is 9.96. The molecule has 0 radical (unpaired) electrons. The molecular formula is C21H22O3Si. The van der Waals surface area contributed by atoms with Gasteiger partial charge in [-0.3, -0.25) is 0 Å². The van der Waals surface area contributed by atoms with Crippen LogP contribution in [-0.4, -0.2) is 15.2 Å². The van der Waals surface area contributed by atoms with Crippen LogP contribution in [0.1, 0.15) is 5.56 Å². The molecule has 1 aliphatic rings. The summed E-state index contributed by atoms with van der Waals surface area (Å²) in [5.74, 6) is 2.71. The summed E-state index contributed by atoms with van der Waals surface area (Å²) in [6, 6.07) is 16.3. The first-order chi connectivity index (χ1) is 12.0. The molecule has 1 aliphatic heterocycles. The second-order valence-electron chi connectivity index (χ2n) is 7.38. The molecule has 0 bridgehead atoms. The fraction of sp³-hybridized carbons (Fsp3) is 0.238. The monoisotopic (exact) mass is 350 g/mol. The van der Waals surface area contributed by atoms with E-state index in [2.05, 4.69) is 43.9 Å². The second kappa shape index (κ2) is 5.81. The van der Waals surface area contributed by atoms with E-state index >= 15 is 0 Å². The van der Waals surface area contributed by atoms with Gasteiger partial charge < -0.3 is 13.9 Å². The summed E-state index contributed by atoms with van der Waals surface area (Å²) in [4.78, 5) is 0. The molecule has 0 N–H and O–H groups in total. The van der Waals surface area contributed by atoms with Gasteiger partial charge in [0.1, 0.15) is 31.9 Å². The van der Waals surface area contributed by atoms with Crippen molar-refractivity contribution in [3.63, 3.8) is 0 Å². The van der Waals surface area contributed by atoms with Crippen molar-refractivity contribution >= 4 is 13.5 Å². The van der Waals surface area contributed by atoms with Crippen molar-refractivity contribution in [3.8, 4) is 33.9 Å². The molecule has 4 rings (SSSR count). The minimum atomic E-state index is -1.64. The lowest BCUT2D eigenvalue weighted by molar-refractivity contribution is 0.303. The van der Waals surface area contributed by atoms with Crippen molar-refractivity contribution in [2.24, 2.45) is 0 Å². The highest BCUT2D eigenvalue weighted by molar-refractivity contribution is 6.88. The molecule has 25 heavy (non-hydrogen) atoms. The van der Waals surface area contributed by atoms with E-state index in [9.17, 15) is 0 Å². The average molecular weight is 350 g/mol. The Bertz CT molecular complexity index is 917. The van der Waals surface area contributed by atoms with Crippen molar-refractivity contribution in [2.45, 2.75) is 26.2 Å². The number of furan rings is 1. The normalized spacial score (nSPS) is 13.0. The van der Waals surface area contributed by atoms with Gasteiger partial charge in [-0.15, -0.1) is 0 Å². The van der Waals surface area contributed by atoms with Gasteiger partial charge in [0, 0.05) is 22.3 Å². The van der Waals surface area contributed by atoms with Crippen LogP contribution in [-0.2, 0) is 6.61 Å². The number of hydrogen-bond donors (Lipinski definition) is 0. The highest BCUT2D eigenvalue weighted by atomic mass is 28.3.